The molecule has 2 bridgehead atoms. The van der Waals surface area contributed by atoms with Crippen LogP contribution in [0.1, 0.15) is 6.42 Å². The van der Waals surface area contributed by atoms with Gasteiger partial charge in [-0.1, -0.05) is 12.2 Å². The van der Waals surface area contributed by atoms with Gasteiger partial charge in [0, 0.05) is 5.69 Å². The summed E-state index contributed by atoms with van der Waals surface area (Å²) in [5.41, 5.74) is 0.871. The number of benzene rings is 1. The maximum Gasteiger partial charge on any atom is 0.235 e. The van der Waals surface area contributed by atoms with Crippen molar-refractivity contribution in [2.75, 3.05) is 19.1 Å². The molecule has 6 rings (SSSR count). The number of anilines is 1. The molecule has 6 atom stereocenters. The van der Waals surface area contributed by atoms with E-state index < -0.39 is 0 Å². The van der Waals surface area contributed by atoms with Gasteiger partial charge < -0.3 is 10.1 Å². The number of likely N-dealkylation sites (tertiary alicyclic amines) is 1. The summed E-state index contributed by atoms with van der Waals surface area (Å²) in [6.07, 6.45) is 5.59. The standard InChI is InChI=1S/C19H20N2O3/c1-24-11-4-2-10(3-5-11)20-9-21-18(22)16-12-6-7-13(15-8-14(12)15)17(16)19(21)23/h2-7,12-17,20H,8-9H2,1H3/t12-,13-,14-,15+,16-,17+/m0/s1. The molecule has 24 heavy (non-hydrogen) atoms. The van der Waals surface area contributed by atoms with Crippen LogP contribution in [0.5, 0.6) is 5.75 Å². The van der Waals surface area contributed by atoms with Crippen molar-refractivity contribution >= 4 is 17.5 Å². The van der Waals surface area contributed by atoms with Crippen LogP contribution in [0, 0.1) is 35.5 Å². The molecule has 1 aliphatic heterocycles. The van der Waals surface area contributed by atoms with Crippen molar-refractivity contribution in [2.45, 2.75) is 6.42 Å². The van der Waals surface area contributed by atoms with E-state index in [4.69, 9.17) is 4.74 Å². The number of amides is 2. The molecule has 124 valence electrons. The molecule has 0 unspecified atom stereocenters. The normalized spacial score (nSPS) is 38.1. The Morgan fingerprint density at radius 2 is 1.62 bits per heavy atom. The number of methoxy groups -OCH3 is 1. The zero-order valence-corrected chi connectivity index (χ0v) is 13.5. The largest absolute Gasteiger partial charge is 0.497 e. The van der Waals surface area contributed by atoms with Gasteiger partial charge in [-0.05, 0) is 54.4 Å². The van der Waals surface area contributed by atoms with Gasteiger partial charge in [-0.15, -0.1) is 0 Å². The zero-order valence-electron chi connectivity index (χ0n) is 13.5. The highest BCUT2D eigenvalue weighted by molar-refractivity contribution is 6.06. The molecule has 5 heteroatoms. The number of carbonyl (C=O) groups is 2. The maximum atomic E-state index is 12.8. The summed E-state index contributed by atoms with van der Waals surface area (Å²) in [7, 11) is 1.62. The fourth-order valence-corrected chi connectivity index (χ4v) is 5.05. The molecule has 5 nitrogen and oxygen atoms in total. The molecule has 1 saturated heterocycles. The van der Waals surface area contributed by atoms with Gasteiger partial charge in [0.25, 0.3) is 0 Å². The molecule has 1 heterocycles. The quantitative estimate of drug-likeness (QED) is 0.681. The Morgan fingerprint density at radius 3 is 2.17 bits per heavy atom. The molecule has 1 aromatic rings. The molecular formula is C19H20N2O3. The molecule has 1 aromatic carbocycles. The van der Waals surface area contributed by atoms with Crippen molar-refractivity contribution in [3.05, 3.63) is 36.4 Å². The highest BCUT2D eigenvalue weighted by Crippen LogP contribution is 2.65. The zero-order chi connectivity index (χ0) is 16.4. The smallest absolute Gasteiger partial charge is 0.235 e. The van der Waals surface area contributed by atoms with E-state index in [0.29, 0.717) is 11.8 Å². The number of hydrogen-bond donors (Lipinski definition) is 1. The number of hydrogen-bond acceptors (Lipinski definition) is 4. The molecule has 0 spiro atoms. The molecule has 5 aliphatic rings. The van der Waals surface area contributed by atoms with E-state index in [2.05, 4.69) is 17.5 Å². The number of nitrogens with one attached hydrogen (secondary N) is 1. The average molecular weight is 324 g/mol. The third-order valence-corrected chi connectivity index (χ3v) is 6.29. The van der Waals surface area contributed by atoms with Gasteiger partial charge >= 0.3 is 0 Å². The summed E-state index contributed by atoms with van der Waals surface area (Å²) in [5, 5.41) is 3.19. The Labute approximate surface area is 140 Å². The van der Waals surface area contributed by atoms with E-state index in [-0.39, 0.29) is 42.2 Å². The van der Waals surface area contributed by atoms with Crippen molar-refractivity contribution in [1.29, 1.82) is 0 Å². The molecule has 0 radical (unpaired) electrons. The second-order valence-corrected chi connectivity index (χ2v) is 7.32. The summed E-state index contributed by atoms with van der Waals surface area (Å²) in [5.74, 6) is 2.43. The molecule has 0 aromatic heterocycles. The first-order valence-electron chi connectivity index (χ1n) is 8.60. The first-order chi connectivity index (χ1) is 11.7. The minimum Gasteiger partial charge on any atom is -0.497 e. The summed E-state index contributed by atoms with van der Waals surface area (Å²) >= 11 is 0. The van der Waals surface area contributed by atoms with Crippen molar-refractivity contribution in [3.63, 3.8) is 0 Å². The van der Waals surface area contributed by atoms with Gasteiger partial charge in [0.1, 0.15) is 5.75 Å². The van der Waals surface area contributed by atoms with E-state index in [9.17, 15) is 9.59 Å². The van der Waals surface area contributed by atoms with Crippen LogP contribution in [0.4, 0.5) is 5.69 Å². The van der Waals surface area contributed by atoms with Gasteiger partial charge in [-0.2, -0.15) is 0 Å². The summed E-state index contributed by atoms with van der Waals surface area (Å²) in [6.45, 7) is 0.242. The van der Waals surface area contributed by atoms with Crippen LogP contribution in [0.15, 0.2) is 36.4 Å². The highest BCUT2D eigenvalue weighted by Gasteiger charge is 2.66. The van der Waals surface area contributed by atoms with Crippen LogP contribution in [0.3, 0.4) is 0 Å². The van der Waals surface area contributed by atoms with Gasteiger partial charge in [-0.25, -0.2) is 0 Å². The Bertz CT molecular complexity index is 705. The van der Waals surface area contributed by atoms with Gasteiger partial charge in [0.2, 0.25) is 11.8 Å². The topological polar surface area (TPSA) is 58.6 Å². The number of imide groups is 1. The van der Waals surface area contributed by atoms with Crippen molar-refractivity contribution < 1.29 is 14.3 Å². The van der Waals surface area contributed by atoms with Crippen LogP contribution in [-0.4, -0.2) is 30.5 Å². The SMILES string of the molecule is COc1ccc(NCN2C(=O)[C@@H]3[C@H]4C=C[C@@H]([C@@H]5C[C@H]45)[C@@H]3C2=O)cc1. The van der Waals surface area contributed by atoms with E-state index in [1.54, 1.807) is 7.11 Å². The second kappa shape index (κ2) is 4.85. The van der Waals surface area contributed by atoms with Gasteiger partial charge in [0.15, 0.2) is 0 Å². The van der Waals surface area contributed by atoms with Crippen molar-refractivity contribution in [3.8, 4) is 5.75 Å². The fourth-order valence-electron chi connectivity index (χ4n) is 5.05. The maximum absolute atomic E-state index is 12.8. The Hall–Kier alpha value is -2.30. The monoisotopic (exact) mass is 324 g/mol. The third-order valence-electron chi connectivity index (χ3n) is 6.29. The van der Waals surface area contributed by atoms with Crippen LogP contribution >= 0.6 is 0 Å². The Kier molecular flexibility index (Phi) is 2.84. The molecule has 1 N–H and O–H groups in total. The lowest BCUT2D eigenvalue weighted by molar-refractivity contribution is -0.139. The number of nitrogens with zero attached hydrogens (tertiary/aromatic N) is 1. The van der Waals surface area contributed by atoms with Gasteiger partial charge in [-0.3, -0.25) is 14.5 Å². The van der Waals surface area contributed by atoms with Crippen LogP contribution in [0.2, 0.25) is 0 Å². The number of rotatable bonds is 4. The van der Waals surface area contributed by atoms with E-state index in [0.717, 1.165) is 11.4 Å². The highest BCUT2D eigenvalue weighted by atomic mass is 16.5. The lowest BCUT2D eigenvalue weighted by Gasteiger charge is -2.37. The van der Waals surface area contributed by atoms with E-state index in [1.807, 2.05) is 24.3 Å². The Balaban J connectivity index is 1.33. The van der Waals surface area contributed by atoms with Crippen molar-refractivity contribution in [1.82, 2.24) is 4.90 Å². The first-order valence-corrected chi connectivity index (χ1v) is 8.60. The number of allylic oxidation sites excluding steroid dienone is 2. The van der Waals surface area contributed by atoms with Gasteiger partial charge in [0.05, 0.1) is 25.6 Å². The fraction of sp³-hybridized carbons (Fsp3) is 0.474. The van der Waals surface area contributed by atoms with Crippen LogP contribution in [0.25, 0.3) is 0 Å². The molecule has 4 aliphatic carbocycles. The minimum atomic E-state index is -0.117. The molecular weight excluding hydrogens is 304 g/mol. The summed E-state index contributed by atoms with van der Waals surface area (Å²) in [6, 6.07) is 7.48. The molecule has 2 saturated carbocycles. The van der Waals surface area contributed by atoms with Crippen LogP contribution < -0.4 is 10.1 Å². The Morgan fingerprint density at radius 1 is 1.04 bits per heavy atom. The summed E-state index contributed by atoms with van der Waals surface area (Å²) in [4.78, 5) is 27.1. The minimum absolute atomic E-state index is 0.00992. The lowest BCUT2D eigenvalue weighted by Crippen LogP contribution is -2.40. The second-order valence-electron chi connectivity index (χ2n) is 7.32. The number of ether oxygens (including phenoxy) is 1. The van der Waals surface area contributed by atoms with Crippen molar-refractivity contribution in [2.24, 2.45) is 35.5 Å². The van der Waals surface area contributed by atoms with Crippen LogP contribution in [-0.2, 0) is 9.59 Å². The van der Waals surface area contributed by atoms with E-state index in [1.165, 1.54) is 11.3 Å². The average Bonchev–Trinajstić information content (AvgIpc) is 3.39. The summed E-state index contributed by atoms with van der Waals surface area (Å²) < 4.78 is 5.14. The molecule has 3 fully saturated rings. The first kappa shape index (κ1) is 14.1. The van der Waals surface area contributed by atoms with E-state index >= 15 is 0 Å². The predicted molar refractivity (Wildman–Crippen MR) is 88.0 cm³/mol. The third kappa shape index (κ3) is 1.81. The predicted octanol–water partition coefficient (Wildman–Crippen LogP) is 2.12. The number of carbonyl (C=O) groups excluding carboxylic acids is 2. The molecule has 2 amide bonds. The lowest BCUT2D eigenvalue weighted by atomic mass is 9.63.